The van der Waals surface area contributed by atoms with Crippen LogP contribution in [-0.2, 0) is 4.79 Å². The van der Waals surface area contributed by atoms with Crippen molar-refractivity contribution in [1.82, 2.24) is 14.9 Å². The number of hydrogen-bond acceptors (Lipinski definition) is 6. The topological polar surface area (TPSA) is 52.6 Å². The Balaban J connectivity index is 1.23. The Labute approximate surface area is 212 Å². The van der Waals surface area contributed by atoms with E-state index in [-0.39, 0.29) is 11.8 Å². The van der Waals surface area contributed by atoms with Gasteiger partial charge < -0.3 is 14.7 Å². The minimum Gasteiger partial charge on any atom is -0.368 e. The molecule has 182 valence electrons. The van der Waals surface area contributed by atoms with Gasteiger partial charge in [0.05, 0.1) is 5.92 Å². The highest BCUT2D eigenvalue weighted by Gasteiger charge is 2.32. The summed E-state index contributed by atoms with van der Waals surface area (Å²) in [7, 11) is 0. The third-order valence-electron chi connectivity index (χ3n) is 6.91. The number of benzene rings is 2. The summed E-state index contributed by atoms with van der Waals surface area (Å²) in [5.74, 6) is 1.18. The van der Waals surface area contributed by atoms with Gasteiger partial charge in [-0.15, -0.1) is 0 Å². The Hall–Kier alpha value is -3.06. The van der Waals surface area contributed by atoms with Crippen LogP contribution in [-0.4, -0.2) is 60.0 Å². The number of piperidine rings is 1. The first kappa shape index (κ1) is 23.7. The number of hydrogen-bond donors (Lipinski definition) is 0. The van der Waals surface area contributed by atoms with Crippen LogP contribution in [0.4, 0.5) is 11.5 Å². The van der Waals surface area contributed by atoms with Gasteiger partial charge in [-0.3, -0.25) is 4.79 Å². The molecule has 0 spiro atoms. The van der Waals surface area contributed by atoms with Crippen LogP contribution in [0.5, 0.6) is 0 Å². The van der Waals surface area contributed by atoms with Gasteiger partial charge in [0, 0.05) is 62.2 Å². The van der Waals surface area contributed by atoms with Crippen molar-refractivity contribution in [2.24, 2.45) is 5.92 Å². The Kier molecular flexibility index (Phi) is 7.23. The first-order chi connectivity index (χ1) is 17.1. The lowest BCUT2D eigenvalue weighted by Crippen LogP contribution is -2.52. The van der Waals surface area contributed by atoms with Crippen LogP contribution < -0.4 is 9.80 Å². The number of rotatable bonds is 5. The molecule has 0 N–H and O–H groups in total. The number of aryl methyl sites for hydroxylation is 2. The first-order valence-corrected chi connectivity index (χ1v) is 13.3. The van der Waals surface area contributed by atoms with Crippen LogP contribution in [0.1, 0.15) is 24.0 Å². The molecular formula is C28H33N5OS. The molecule has 1 amide bonds. The van der Waals surface area contributed by atoms with Crippen LogP contribution in [0.3, 0.4) is 0 Å². The van der Waals surface area contributed by atoms with Gasteiger partial charge in [0.25, 0.3) is 0 Å². The summed E-state index contributed by atoms with van der Waals surface area (Å²) in [5, 5.41) is 0.899. The summed E-state index contributed by atoms with van der Waals surface area (Å²) >= 11 is 1.64. The van der Waals surface area contributed by atoms with Gasteiger partial charge in [0.1, 0.15) is 5.03 Å². The lowest BCUT2D eigenvalue weighted by Gasteiger charge is -2.40. The predicted molar refractivity (Wildman–Crippen MR) is 142 cm³/mol. The molecule has 35 heavy (non-hydrogen) atoms. The minimum absolute atomic E-state index is 0.00787. The molecule has 2 aliphatic heterocycles. The van der Waals surface area contributed by atoms with Crippen LogP contribution in [0.25, 0.3) is 0 Å². The number of piperazine rings is 1. The molecule has 3 aromatic rings. The second kappa shape index (κ2) is 10.7. The van der Waals surface area contributed by atoms with Gasteiger partial charge in [-0.05, 0) is 56.5 Å². The van der Waals surface area contributed by atoms with E-state index in [1.54, 1.807) is 24.2 Å². The van der Waals surface area contributed by atoms with Gasteiger partial charge >= 0.3 is 0 Å². The smallest absolute Gasteiger partial charge is 0.227 e. The van der Waals surface area contributed by atoms with Crippen LogP contribution in [0.15, 0.2) is 70.8 Å². The predicted octanol–water partition coefficient (Wildman–Crippen LogP) is 4.81. The first-order valence-electron chi connectivity index (χ1n) is 12.5. The SMILES string of the molecule is Cc1ccc(Sc2nccnc2N2CCC[C@H](C(=O)N3CCN(c4cccc(C)c4)CC3)C2)cc1. The van der Waals surface area contributed by atoms with E-state index in [2.05, 4.69) is 87.0 Å². The summed E-state index contributed by atoms with van der Waals surface area (Å²) in [6, 6.07) is 17.1. The number of carbonyl (C=O) groups is 1. The van der Waals surface area contributed by atoms with E-state index in [0.717, 1.165) is 61.3 Å². The molecule has 2 aromatic carbocycles. The molecule has 2 aliphatic rings. The van der Waals surface area contributed by atoms with E-state index in [0.29, 0.717) is 6.54 Å². The van der Waals surface area contributed by atoms with E-state index >= 15 is 0 Å². The molecule has 5 rings (SSSR count). The average Bonchev–Trinajstić information content (AvgIpc) is 2.90. The number of anilines is 2. The molecule has 0 saturated carbocycles. The quantitative estimate of drug-likeness (QED) is 0.515. The summed E-state index contributed by atoms with van der Waals surface area (Å²) in [6.45, 7) is 9.16. The molecule has 2 fully saturated rings. The Morgan fingerprint density at radius 3 is 2.43 bits per heavy atom. The highest BCUT2D eigenvalue weighted by atomic mass is 32.2. The van der Waals surface area contributed by atoms with Crippen LogP contribution in [0.2, 0.25) is 0 Å². The van der Waals surface area contributed by atoms with Crippen molar-refractivity contribution in [2.75, 3.05) is 49.1 Å². The maximum absolute atomic E-state index is 13.5. The van der Waals surface area contributed by atoms with Crippen molar-refractivity contribution in [1.29, 1.82) is 0 Å². The van der Waals surface area contributed by atoms with E-state index in [9.17, 15) is 4.79 Å². The molecule has 1 aromatic heterocycles. The number of nitrogens with zero attached hydrogens (tertiary/aromatic N) is 5. The molecule has 0 aliphatic carbocycles. The molecule has 6 nitrogen and oxygen atoms in total. The fraction of sp³-hybridized carbons (Fsp3) is 0.393. The molecule has 0 radical (unpaired) electrons. The number of amides is 1. The van der Waals surface area contributed by atoms with Crippen molar-refractivity contribution in [3.8, 4) is 0 Å². The minimum atomic E-state index is 0.00787. The molecule has 3 heterocycles. The monoisotopic (exact) mass is 487 g/mol. The highest BCUT2D eigenvalue weighted by molar-refractivity contribution is 7.99. The van der Waals surface area contributed by atoms with E-state index in [4.69, 9.17) is 0 Å². The number of aromatic nitrogens is 2. The van der Waals surface area contributed by atoms with E-state index < -0.39 is 0 Å². The van der Waals surface area contributed by atoms with Crippen LogP contribution in [0, 0.1) is 19.8 Å². The molecular weight excluding hydrogens is 454 g/mol. The van der Waals surface area contributed by atoms with Crippen molar-refractivity contribution < 1.29 is 4.79 Å². The third-order valence-corrected chi connectivity index (χ3v) is 7.90. The average molecular weight is 488 g/mol. The fourth-order valence-corrected chi connectivity index (χ4v) is 5.85. The van der Waals surface area contributed by atoms with E-state index in [1.165, 1.54) is 16.8 Å². The van der Waals surface area contributed by atoms with E-state index in [1.807, 2.05) is 0 Å². The molecule has 2 saturated heterocycles. The Bertz CT molecular complexity index is 1160. The van der Waals surface area contributed by atoms with Gasteiger partial charge in [0.15, 0.2) is 5.82 Å². The highest BCUT2D eigenvalue weighted by Crippen LogP contribution is 2.34. The lowest BCUT2D eigenvalue weighted by atomic mass is 9.96. The molecule has 7 heteroatoms. The molecule has 1 atom stereocenters. The summed E-state index contributed by atoms with van der Waals surface area (Å²) in [5.41, 5.74) is 3.76. The standard InChI is InChI=1S/C28H33N5OS/c1-21-8-10-25(11-9-21)35-27-26(29-12-13-30-27)33-14-4-6-23(20-33)28(34)32-17-15-31(16-18-32)24-7-3-5-22(2)19-24/h3,5,7-13,19,23H,4,6,14-18,20H2,1-2H3/t23-/m0/s1. The van der Waals surface area contributed by atoms with Gasteiger partial charge in [-0.1, -0.05) is 41.6 Å². The van der Waals surface area contributed by atoms with Gasteiger partial charge in [-0.2, -0.15) is 0 Å². The lowest BCUT2D eigenvalue weighted by molar-refractivity contribution is -0.136. The van der Waals surface area contributed by atoms with Crippen LogP contribution >= 0.6 is 11.8 Å². The third kappa shape index (κ3) is 5.61. The summed E-state index contributed by atoms with van der Waals surface area (Å²) in [4.78, 5) is 30.7. The summed E-state index contributed by atoms with van der Waals surface area (Å²) < 4.78 is 0. The second-order valence-electron chi connectivity index (χ2n) is 9.54. The summed E-state index contributed by atoms with van der Waals surface area (Å²) in [6.07, 6.45) is 5.43. The van der Waals surface area contributed by atoms with Gasteiger partial charge in [0.2, 0.25) is 5.91 Å². The molecule has 0 bridgehead atoms. The Morgan fingerprint density at radius 1 is 0.886 bits per heavy atom. The van der Waals surface area contributed by atoms with Gasteiger partial charge in [-0.25, -0.2) is 9.97 Å². The van der Waals surface area contributed by atoms with Crippen molar-refractivity contribution in [3.05, 3.63) is 72.1 Å². The second-order valence-corrected chi connectivity index (χ2v) is 10.6. The Morgan fingerprint density at radius 2 is 1.66 bits per heavy atom. The van der Waals surface area contributed by atoms with Crippen molar-refractivity contribution in [2.45, 2.75) is 36.6 Å². The maximum atomic E-state index is 13.5. The zero-order valence-electron chi connectivity index (χ0n) is 20.6. The van der Waals surface area contributed by atoms with Crippen molar-refractivity contribution >= 4 is 29.2 Å². The molecule has 0 unspecified atom stereocenters. The zero-order valence-corrected chi connectivity index (χ0v) is 21.4. The fourth-order valence-electron chi connectivity index (χ4n) is 4.96. The zero-order chi connectivity index (χ0) is 24.2. The van der Waals surface area contributed by atoms with Crippen molar-refractivity contribution in [3.63, 3.8) is 0 Å². The maximum Gasteiger partial charge on any atom is 0.227 e. The largest absolute Gasteiger partial charge is 0.368 e. The normalized spacial score (nSPS) is 18.6. The number of carbonyl (C=O) groups excluding carboxylic acids is 1.